The molecule has 5 nitrogen and oxygen atoms in total. The molecule has 6 heteroatoms. The van der Waals surface area contributed by atoms with Crippen LogP contribution in [0.25, 0.3) is 0 Å². The van der Waals surface area contributed by atoms with Crippen molar-refractivity contribution in [2.24, 2.45) is 5.92 Å². The fourth-order valence-corrected chi connectivity index (χ4v) is 2.79. The third-order valence-electron chi connectivity index (χ3n) is 4.13. The van der Waals surface area contributed by atoms with Gasteiger partial charge in [0.2, 0.25) is 11.8 Å². The van der Waals surface area contributed by atoms with Crippen LogP contribution >= 0.6 is 12.4 Å². The largest absolute Gasteiger partial charge is 0.355 e. The van der Waals surface area contributed by atoms with E-state index < -0.39 is 0 Å². The summed E-state index contributed by atoms with van der Waals surface area (Å²) >= 11 is 0. The van der Waals surface area contributed by atoms with Crippen LogP contribution in [0.1, 0.15) is 31.9 Å². The molecular weight excluding hydrogens is 314 g/mol. The molecule has 0 aliphatic carbocycles. The van der Waals surface area contributed by atoms with Crippen LogP contribution in [-0.2, 0) is 9.59 Å². The molecule has 2 unspecified atom stereocenters. The molecule has 1 aliphatic rings. The molecule has 0 bridgehead atoms. The Balaban J connectivity index is 0.00000264. The molecule has 0 spiro atoms. The second-order valence-electron chi connectivity index (χ2n) is 5.68. The molecule has 1 saturated heterocycles. The second kappa shape index (κ2) is 9.53. The van der Waals surface area contributed by atoms with E-state index in [0.29, 0.717) is 19.5 Å². The van der Waals surface area contributed by atoms with Crippen LogP contribution in [0.2, 0.25) is 0 Å². The zero-order valence-corrected chi connectivity index (χ0v) is 14.6. The Hall–Kier alpha value is -1.59. The van der Waals surface area contributed by atoms with Gasteiger partial charge in [0.1, 0.15) is 0 Å². The van der Waals surface area contributed by atoms with Crippen LogP contribution in [0.15, 0.2) is 30.3 Å². The lowest BCUT2D eigenvalue weighted by atomic mass is 10.1. The highest BCUT2D eigenvalue weighted by Crippen LogP contribution is 2.28. The number of nitrogens with zero attached hydrogens (tertiary/aromatic N) is 1. The molecule has 2 amide bonds. The number of amides is 2. The quantitative estimate of drug-likeness (QED) is 0.744. The van der Waals surface area contributed by atoms with E-state index in [-0.39, 0.29) is 36.2 Å². The summed E-state index contributed by atoms with van der Waals surface area (Å²) in [5, 5.41) is 6.06. The van der Waals surface area contributed by atoms with Crippen LogP contribution in [0.3, 0.4) is 0 Å². The van der Waals surface area contributed by atoms with Gasteiger partial charge >= 0.3 is 0 Å². The smallest absolute Gasteiger partial charge is 0.225 e. The van der Waals surface area contributed by atoms with Gasteiger partial charge in [0.15, 0.2) is 0 Å². The molecule has 2 rings (SSSR count). The van der Waals surface area contributed by atoms with E-state index in [0.717, 1.165) is 18.7 Å². The number of nitrogens with one attached hydrogen (secondary N) is 2. The van der Waals surface area contributed by atoms with Crippen molar-refractivity contribution in [3.8, 4) is 0 Å². The monoisotopic (exact) mass is 339 g/mol. The van der Waals surface area contributed by atoms with Crippen molar-refractivity contribution < 1.29 is 9.59 Å². The first kappa shape index (κ1) is 19.5. The topological polar surface area (TPSA) is 61.4 Å². The standard InChI is InChI=1S/C17H25N3O2.ClH/c1-3-18-9-10-19-17(22)15-11-16(21)20(12-15)13(2)14-7-5-4-6-8-14;/h4-8,13,15,18H,3,9-12H2,1-2H3,(H,19,22);1H. The Kier molecular flexibility index (Phi) is 8.06. The van der Waals surface area contributed by atoms with Gasteiger partial charge in [-0.05, 0) is 19.0 Å². The number of halogens is 1. The maximum atomic E-state index is 12.2. The maximum Gasteiger partial charge on any atom is 0.225 e. The summed E-state index contributed by atoms with van der Waals surface area (Å²) in [5.41, 5.74) is 1.10. The summed E-state index contributed by atoms with van der Waals surface area (Å²) < 4.78 is 0. The van der Waals surface area contributed by atoms with Gasteiger partial charge in [-0.15, -0.1) is 12.4 Å². The summed E-state index contributed by atoms with van der Waals surface area (Å²) in [5.74, 6) is -0.197. The summed E-state index contributed by atoms with van der Waals surface area (Å²) in [7, 11) is 0. The van der Waals surface area contributed by atoms with E-state index in [9.17, 15) is 9.59 Å². The van der Waals surface area contributed by atoms with Gasteiger partial charge in [0.25, 0.3) is 0 Å². The summed E-state index contributed by atoms with van der Waals surface area (Å²) in [4.78, 5) is 26.2. The average Bonchev–Trinajstić information content (AvgIpc) is 2.93. The van der Waals surface area contributed by atoms with E-state index in [2.05, 4.69) is 10.6 Å². The lowest BCUT2D eigenvalue weighted by Gasteiger charge is -2.25. The average molecular weight is 340 g/mol. The molecule has 0 saturated carbocycles. The van der Waals surface area contributed by atoms with Crippen molar-refractivity contribution >= 4 is 24.2 Å². The Morgan fingerprint density at radius 2 is 2.00 bits per heavy atom. The fourth-order valence-electron chi connectivity index (χ4n) is 2.79. The van der Waals surface area contributed by atoms with Crippen molar-refractivity contribution in [2.45, 2.75) is 26.3 Å². The predicted molar refractivity (Wildman–Crippen MR) is 93.5 cm³/mol. The minimum absolute atomic E-state index is 0. The number of benzene rings is 1. The highest BCUT2D eigenvalue weighted by Gasteiger charge is 2.36. The number of rotatable bonds is 7. The van der Waals surface area contributed by atoms with E-state index in [1.807, 2.05) is 49.1 Å². The van der Waals surface area contributed by atoms with Gasteiger partial charge in [-0.25, -0.2) is 0 Å². The lowest BCUT2D eigenvalue weighted by molar-refractivity contribution is -0.130. The van der Waals surface area contributed by atoms with Crippen LogP contribution in [0.5, 0.6) is 0 Å². The van der Waals surface area contributed by atoms with Crippen LogP contribution in [0, 0.1) is 5.92 Å². The normalized spacial score (nSPS) is 18.4. The van der Waals surface area contributed by atoms with Crippen LogP contribution in [0.4, 0.5) is 0 Å². The van der Waals surface area contributed by atoms with Crippen molar-refractivity contribution in [1.29, 1.82) is 0 Å². The second-order valence-corrected chi connectivity index (χ2v) is 5.68. The Bertz CT molecular complexity index is 510. The first-order valence-corrected chi connectivity index (χ1v) is 7.96. The lowest BCUT2D eigenvalue weighted by Crippen LogP contribution is -2.37. The summed E-state index contributed by atoms with van der Waals surface area (Å²) in [6.45, 7) is 6.79. The molecule has 128 valence electrons. The molecule has 1 aliphatic heterocycles. The number of likely N-dealkylation sites (N-methyl/N-ethyl adjacent to an activating group) is 1. The first-order chi connectivity index (χ1) is 10.6. The maximum absolute atomic E-state index is 12.2. The van der Waals surface area contributed by atoms with Gasteiger partial charge in [0.05, 0.1) is 12.0 Å². The number of likely N-dealkylation sites (tertiary alicyclic amines) is 1. The predicted octanol–water partition coefficient (Wildman–Crippen LogP) is 1.74. The third-order valence-corrected chi connectivity index (χ3v) is 4.13. The van der Waals surface area contributed by atoms with Gasteiger partial charge < -0.3 is 15.5 Å². The van der Waals surface area contributed by atoms with E-state index >= 15 is 0 Å². The third kappa shape index (κ3) is 5.22. The van der Waals surface area contributed by atoms with Gasteiger partial charge in [0, 0.05) is 26.1 Å². The van der Waals surface area contributed by atoms with Crippen LogP contribution in [-0.4, -0.2) is 42.9 Å². The molecule has 0 radical (unpaired) electrons. The number of hydrogen-bond acceptors (Lipinski definition) is 3. The molecule has 2 atom stereocenters. The van der Waals surface area contributed by atoms with Crippen LogP contribution < -0.4 is 10.6 Å². The van der Waals surface area contributed by atoms with Gasteiger partial charge in [-0.1, -0.05) is 37.3 Å². The zero-order chi connectivity index (χ0) is 15.9. The molecule has 1 heterocycles. The van der Waals surface area contributed by atoms with Gasteiger partial charge in [-0.2, -0.15) is 0 Å². The first-order valence-electron chi connectivity index (χ1n) is 7.96. The summed E-state index contributed by atoms with van der Waals surface area (Å²) in [6.07, 6.45) is 0.310. The molecule has 23 heavy (non-hydrogen) atoms. The van der Waals surface area contributed by atoms with Crippen molar-refractivity contribution in [1.82, 2.24) is 15.5 Å². The van der Waals surface area contributed by atoms with E-state index in [1.165, 1.54) is 0 Å². The molecular formula is C17H26ClN3O2. The highest BCUT2D eigenvalue weighted by atomic mass is 35.5. The van der Waals surface area contributed by atoms with E-state index in [4.69, 9.17) is 0 Å². The minimum Gasteiger partial charge on any atom is -0.355 e. The number of hydrogen-bond donors (Lipinski definition) is 2. The molecule has 0 aromatic heterocycles. The minimum atomic E-state index is -0.236. The van der Waals surface area contributed by atoms with Crippen molar-refractivity contribution in [2.75, 3.05) is 26.2 Å². The number of carbonyl (C=O) groups is 2. The highest BCUT2D eigenvalue weighted by molar-refractivity contribution is 5.89. The van der Waals surface area contributed by atoms with Gasteiger partial charge in [-0.3, -0.25) is 9.59 Å². The SMILES string of the molecule is CCNCCNC(=O)C1CC(=O)N(C(C)c2ccccc2)C1.Cl. The van der Waals surface area contributed by atoms with Crippen molar-refractivity contribution in [3.63, 3.8) is 0 Å². The Morgan fingerprint density at radius 3 is 2.65 bits per heavy atom. The fraction of sp³-hybridized carbons (Fsp3) is 0.529. The number of carbonyl (C=O) groups excluding carboxylic acids is 2. The molecule has 1 fully saturated rings. The summed E-state index contributed by atoms with van der Waals surface area (Å²) in [6, 6.07) is 9.94. The zero-order valence-electron chi connectivity index (χ0n) is 13.7. The molecule has 1 aromatic rings. The van der Waals surface area contributed by atoms with E-state index in [1.54, 1.807) is 0 Å². The molecule has 2 N–H and O–H groups in total. The Morgan fingerprint density at radius 1 is 1.30 bits per heavy atom. The van der Waals surface area contributed by atoms with Crippen molar-refractivity contribution in [3.05, 3.63) is 35.9 Å². The molecule has 1 aromatic carbocycles. The Labute approximate surface area is 144 Å².